The normalized spacial score (nSPS) is 16.8. The molecule has 2 aromatic carbocycles. The average Bonchev–Trinajstić information content (AvgIpc) is 3.16. The van der Waals surface area contributed by atoms with Crippen molar-refractivity contribution >= 4 is 28.4 Å². The van der Waals surface area contributed by atoms with Gasteiger partial charge in [-0.25, -0.2) is 4.98 Å². The Morgan fingerprint density at radius 1 is 1.12 bits per heavy atom. The minimum absolute atomic E-state index is 0.263. The Bertz CT molecular complexity index is 919. The van der Waals surface area contributed by atoms with Gasteiger partial charge in [0.15, 0.2) is 0 Å². The molecule has 26 heavy (non-hydrogen) atoms. The van der Waals surface area contributed by atoms with E-state index in [0.29, 0.717) is 5.95 Å². The number of hydrogen-bond donors (Lipinski definition) is 2. The van der Waals surface area contributed by atoms with Gasteiger partial charge in [0.05, 0.1) is 11.6 Å². The summed E-state index contributed by atoms with van der Waals surface area (Å²) < 4.78 is 5.72. The lowest BCUT2D eigenvalue weighted by Gasteiger charge is -2.15. The Morgan fingerprint density at radius 3 is 2.85 bits per heavy atom. The first-order chi connectivity index (χ1) is 12.7. The number of para-hydroxylation sites is 1. The highest BCUT2D eigenvalue weighted by molar-refractivity contribution is 5.90. The molecule has 1 fully saturated rings. The topological polar surface area (TPSA) is 59.1 Å². The summed E-state index contributed by atoms with van der Waals surface area (Å²) in [6, 6.07) is 14.4. The minimum atomic E-state index is 0.263. The molecule has 1 saturated heterocycles. The summed E-state index contributed by atoms with van der Waals surface area (Å²) in [4.78, 5) is 9.43. The Balaban J connectivity index is 1.65. The van der Waals surface area contributed by atoms with E-state index in [1.807, 2.05) is 18.2 Å². The summed E-state index contributed by atoms with van der Waals surface area (Å²) in [6.45, 7) is 5.79. The first-order valence-corrected chi connectivity index (χ1v) is 9.15. The molecule has 2 N–H and O–H groups in total. The fraction of sp³-hybridized carbons (Fsp3) is 0.333. The van der Waals surface area contributed by atoms with Crippen molar-refractivity contribution in [2.75, 3.05) is 23.8 Å². The number of ether oxygens (including phenoxy) is 1. The van der Waals surface area contributed by atoms with Crippen molar-refractivity contribution in [2.24, 2.45) is 0 Å². The molecule has 1 aliphatic heterocycles. The molecule has 5 nitrogen and oxygen atoms in total. The number of benzene rings is 2. The van der Waals surface area contributed by atoms with Crippen LogP contribution in [-0.2, 0) is 4.74 Å². The van der Waals surface area contributed by atoms with Gasteiger partial charge in [-0.3, -0.25) is 0 Å². The van der Waals surface area contributed by atoms with Gasteiger partial charge in [-0.15, -0.1) is 0 Å². The molecule has 5 heteroatoms. The van der Waals surface area contributed by atoms with E-state index in [1.54, 1.807) is 0 Å². The standard InChI is InChI=1S/C21H24N4O/c1-14-9-10-15(2)19(12-14)24-21-23-18-8-4-3-7-17(18)20(25-21)22-13-16-6-5-11-26-16/h3-4,7-10,12,16H,5-6,11,13H2,1-2H3,(H2,22,23,24,25)/t16-/m0/s1. The van der Waals surface area contributed by atoms with E-state index in [0.717, 1.165) is 48.4 Å². The predicted molar refractivity (Wildman–Crippen MR) is 106 cm³/mol. The van der Waals surface area contributed by atoms with Crippen LogP contribution >= 0.6 is 0 Å². The predicted octanol–water partition coefficient (Wildman–Crippen LogP) is 4.58. The van der Waals surface area contributed by atoms with Gasteiger partial charge >= 0.3 is 0 Å². The van der Waals surface area contributed by atoms with Gasteiger partial charge in [0.2, 0.25) is 5.95 Å². The first kappa shape index (κ1) is 16.8. The van der Waals surface area contributed by atoms with E-state index in [2.05, 4.69) is 53.7 Å². The zero-order valence-electron chi connectivity index (χ0n) is 15.2. The molecule has 0 aliphatic carbocycles. The number of fused-ring (bicyclic) bond motifs is 1. The molecule has 0 spiro atoms. The molecule has 2 heterocycles. The summed E-state index contributed by atoms with van der Waals surface area (Å²) in [6.07, 6.45) is 2.50. The Labute approximate surface area is 153 Å². The van der Waals surface area contributed by atoms with Crippen molar-refractivity contribution in [1.29, 1.82) is 0 Å². The van der Waals surface area contributed by atoms with Gasteiger partial charge in [0.25, 0.3) is 0 Å². The van der Waals surface area contributed by atoms with Gasteiger partial charge in [-0.1, -0.05) is 24.3 Å². The summed E-state index contributed by atoms with van der Waals surface area (Å²) in [7, 11) is 0. The third-order valence-corrected chi connectivity index (χ3v) is 4.76. The van der Waals surface area contributed by atoms with Crippen LogP contribution < -0.4 is 10.6 Å². The third-order valence-electron chi connectivity index (χ3n) is 4.76. The summed E-state index contributed by atoms with van der Waals surface area (Å²) in [5, 5.41) is 7.87. The van der Waals surface area contributed by atoms with E-state index >= 15 is 0 Å². The fourth-order valence-electron chi connectivity index (χ4n) is 3.27. The summed E-state index contributed by atoms with van der Waals surface area (Å²) in [5.41, 5.74) is 4.33. The average molecular weight is 348 g/mol. The Kier molecular flexibility index (Phi) is 4.71. The molecule has 4 rings (SSSR count). The molecule has 3 aromatic rings. The number of nitrogens with one attached hydrogen (secondary N) is 2. The number of rotatable bonds is 5. The molecule has 0 saturated carbocycles. The maximum absolute atomic E-state index is 5.72. The zero-order valence-corrected chi connectivity index (χ0v) is 15.2. The van der Waals surface area contributed by atoms with Crippen molar-refractivity contribution in [3.8, 4) is 0 Å². The molecule has 0 amide bonds. The summed E-state index contributed by atoms with van der Waals surface area (Å²) in [5.74, 6) is 1.45. The fourth-order valence-corrected chi connectivity index (χ4v) is 3.27. The van der Waals surface area contributed by atoms with E-state index in [9.17, 15) is 0 Å². The molecular formula is C21H24N4O. The van der Waals surface area contributed by atoms with Crippen LogP contribution in [0.25, 0.3) is 10.9 Å². The van der Waals surface area contributed by atoms with Crippen LogP contribution in [0.15, 0.2) is 42.5 Å². The number of hydrogen-bond acceptors (Lipinski definition) is 5. The lowest BCUT2D eigenvalue weighted by atomic mass is 10.1. The quantitative estimate of drug-likeness (QED) is 0.707. The molecule has 0 unspecified atom stereocenters. The lowest BCUT2D eigenvalue weighted by molar-refractivity contribution is 0.120. The Morgan fingerprint density at radius 2 is 2.00 bits per heavy atom. The van der Waals surface area contributed by atoms with E-state index in [-0.39, 0.29) is 6.10 Å². The van der Waals surface area contributed by atoms with Crippen molar-refractivity contribution in [3.05, 3.63) is 53.6 Å². The molecule has 1 aromatic heterocycles. The smallest absolute Gasteiger partial charge is 0.229 e. The lowest BCUT2D eigenvalue weighted by Crippen LogP contribution is -2.19. The van der Waals surface area contributed by atoms with Gasteiger partial charge in [0.1, 0.15) is 5.82 Å². The minimum Gasteiger partial charge on any atom is -0.376 e. The maximum atomic E-state index is 5.72. The van der Waals surface area contributed by atoms with Crippen molar-refractivity contribution in [3.63, 3.8) is 0 Å². The highest BCUT2D eigenvalue weighted by atomic mass is 16.5. The van der Waals surface area contributed by atoms with Crippen molar-refractivity contribution in [1.82, 2.24) is 9.97 Å². The molecule has 134 valence electrons. The Hall–Kier alpha value is -2.66. The first-order valence-electron chi connectivity index (χ1n) is 9.15. The highest BCUT2D eigenvalue weighted by Gasteiger charge is 2.16. The molecule has 0 bridgehead atoms. The van der Waals surface area contributed by atoms with Gasteiger partial charge in [0, 0.05) is 24.2 Å². The third kappa shape index (κ3) is 3.63. The van der Waals surface area contributed by atoms with E-state index in [4.69, 9.17) is 9.72 Å². The molecule has 1 aliphatic rings. The van der Waals surface area contributed by atoms with Gasteiger partial charge in [-0.05, 0) is 56.0 Å². The van der Waals surface area contributed by atoms with E-state index in [1.165, 1.54) is 11.1 Å². The maximum Gasteiger partial charge on any atom is 0.229 e. The number of aryl methyl sites for hydroxylation is 2. The van der Waals surface area contributed by atoms with Crippen LogP contribution in [0.2, 0.25) is 0 Å². The van der Waals surface area contributed by atoms with Crippen LogP contribution in [0.5, 0.6) is 0 Å². The SMILES string of the molecule is Cc1ccc(C)c(Nc2nc(NC[C@@H]3CCCO3)c3ccccc3n2)c1. The van der Waals surface area contributed by atoms with Gasteiger partial charge < -0.3 is 15.4 Å². The van der Waals surface area contributed by atoms with Crippen molar-refractivity contribution in [2.45, 2.75) is 32.8 Å². The number of anilines is 3. The number of aromatic nitrogens is 2. The van der Waals surface area contributed by atoms with Crippen LogP contribution in [0.4, 0.5) is 17.5 Å². The second-order valence-electron chi connectivity index (χ2n) is 6.87. The van der Waals surface area contributed by atoms with Gasteiger partial charge in [-0.2, -0.15) is 4.98 Å². The summed E-state index contributed by atoms with van der Waals surface area (Å²) >= 11 is 0. The van der Waals surface area contributed by atoms with Crippen LogP contribution in [-0.4, -0.2) is 29.2 Å². The van der Waals surface area contributed by atoms with E-state index < -0.39 is 0 Å². The zero-order chi connectivity index (χ0) is 17.9. The molecular weight excluding hydrogens is 324 g/mol. The van der Waals surface area contributed by atoms with Crippen LogP contribution in [0.1, 0.15) is 24.0 Å². The second-order valence-corrected chi connectivity index (χ2v) is 6.87. The highest BCUT2D eigenvalue weighted by Crippen LogP contribution is 2.26. The monoisotopic (exact) mass is 348 g/mol. The van der Waals surface area contributed by atoms with Crippen LogP contribution in [0.3, 0.4) is 0 Å². The molecule has 1 atom stereocenters. The second kappa shape index (κ2) is 7.30. The van der Waals surface area contributed by atoms with Crippen molar-refractivity contribution < 1.29 is 4.74 Å². The molecule has 0 radical (unpaired) electrons. The van der Waals surface area contributed by atoms with Crippen LogP contribution in [0, 0.1) is 13.8 Å². The largest absolute Gasteiger partial charge is 0.376 e. The number of nitrogens with zero attached hydrogens (tertiary/aromatic N) is 2.